The fourth-order valence-electron chi connectivity index (χ4n) is 2.27. The number of morpholine rings is 1. The Balaban J connectivity index is 2.17. The lowest BCUT2D eigenvalue weighted by Gasteiger charge is -2.35. The number of rotatable bonds is 4. The third-order valence-corrected chi connectivity index (χ3v) is 3.51. The van der Waals surface area contributed by atoms with Gasteiger partial charge in [-0.3, -0.25) is 9.78 Å². The van der Waals surface area contributed by atoms with E-state index in [1.165, 1.54) is 0 Å². The summed E-state index contributed by atoms with van der Waals surface area (Å²) in [5.74, 6) is -0.0673. The predicted octanol–water partition coefficient (Wildman–Crippen LogP) is 0.476. The van der Waals surface area contributed by atoms with Crippen molar-refractivity contribution in [2.75, 3.05) is 31.7 Å². The molecular weight excluding hydrogens is 258 g/mol. The molecule has 0 aliphatic carbocycles. The lowest BCUT2D eigenvalue weighted by Crippen LogP contribution is -2.53. The quantitative estimate of drug-likeness (QED) is 0.838. The minimum absolute atomic E-state index is 0.0673. The average Bonchev–Trinajstić information content (AvgIpc) is 2.53. The van der Waals surface area contributed by atoms with Gasteiger partial charge in [0.25, 0.3) is 0 Å². The summed E-state index contributed by atoms with van der Waals surface area (Å²) < 4.78 is 5.37. The number of nitrogens with zero attached hydrogens (tertiary/aromatic N) is 2. The van der Waals surface area contributed by atoms with Gasteiger partial charge in [0, 0.05) is 13.6 Å². The Bertz CT molecular complexity index is 449. The first-order valence-electron chi connectivity index (χ1n) is 6.87. The molecule has 1 aromatic heterocycles. The number of carbonyl (C=O) groups excluding carboxylic acids is 1. The standard InChI is InChI=1S/C14H21N3O3/c1-3-13(18)11-5-4-10(8-16-11)17-6-7-20-9-12(17)14(19)15-2/h4-5,8,12-13,18H,3,6-7,9H2,1-2H3,(H,15,19). The number of carbonyl (C=O) groups is 1. The summed E-state index contributed by atoms with van der Waals surface area (Å²) in [6.45, 7) is 3.52. The second-order valence-corrected chi connectivity index (χ2v) is 4.76. The van der Waals surface area contributed by atoms with Gasteiger partial charge in [0.2, 0.25) is 5.91 Å². The molecule has 0 aromatic carbocycles. The molecule has 1 aliphatic heterocycles. The van der Waals surface area contributed by atoms with E-state index >= 15 is 0 Å². The highest BCUT2D eigenvalue weighted by atomic mass is 16.5. The van der Waals surface area contributed by atoms with Crippen LogP contribution in [0.3, 0.4) is 0 Å². The Hall–Kier alpha value is -1.66. The molecule has 0 saturated carbocycles. The molecule has 2 rings (SSSR count). The van der Waals surface area contributed by atoms with Gasteiger partial charge in [0.1, 0.15) is 6.04 Å². The summed E-state index contributed by atoms with van der Waals surface area (Å²) >= 11 is 0. The van der Waals surface area contributed by atoms with Crippen LogP contribution in [0.1, 0.15) is 25.1 Å². The second kappa shape index (κ2) is 6.67. The van der Waals surface area contributed by atoms with Gasteiger partial charge in [-0.05, 0) is 18.6 Å². The van der Waals surface area contributed by atoms with Crippen LogP contribution >= 0.6 is 0 Å². The number of anilines is 1. The first-order valence-corrected chi connectivity index (χ1v) is 6.87. The van der Waals surface area contributed by atoms with Crippen molar-refractivity contribution in [2.45, 2.75) is 25.5 Å². The molecule has 1 aliphatic rings. The van der Waals surface area contributed by atoms with Gasteiger partial charge in [-0.1, -0.05) is 6.92 Å². The van der Waals surface area contributed by atoms with Crippen molar-refractivity contribution < 1.29 is 14.6 Å². The van der Waals surface area contributed by atoms with E-state index in [4.69, 9.17) is 4.74 Å². The van der Waals surface area contributed by atoms with Gasteiger partial charge in [0.15, 0.2) is 0 Å². The molecule has 2 atom stereocenters. The summed E-state index contributed by atoms with van der Waals surface area (Å²) in [5, 5.41) is 12.4. The van der Waals surface area contributed by atoms with Crippen molar-refractivity contribution in [1.29, 1.82) is 0 Å². The van der Waals surface area contributed by atoms with Gasteiger partial charge in [-0.2, -0.15) is 0 Å². The lowest BCUT2D eigenvalue weighted by molar-refractivity contribution is -0.124. The molecular formula is C14H21N3O3. The second-order valence-electron chi connectivity index (χ2n) is 4.76. The first-order chi connectivity index (χ1) is 9.67. The maximum atomic E-state index is 11.9. The fraction of sp³-hybridized carbons (Fsp3) is 0.571. The van der Waals surface area contributed by atoms with Gasteiger partial charge in [-0.25, -0.2) is 0 Å². The van der Waals surface area contributed by atoms with Gasteiger partial charge >= 0.3 is 0 Å². The fourth-order valence-corrected chi connectivity index (χ4v) is 2.27. The first kappa shape index (κ1) is 14.7. The highest BCUT2D eigenvalue weighted by molar-refractivity contribution is 5.85. The van der Waals surface area contributed by atoms with Crippen molar-refractivity contribution >= 4 is 11.6 Å². The topological polar surface area (TPSA) is 74.7 Å². The zero-order chi connectivity index (χ0) is 14.5. The van der Waals surface area contributed by atoms with Crippen LogP contribution in [0.4, 0.5) is 5.69 Å². The number of amides is 1. The number of ether oxygens (including phenoxy) is 1. The highest BCUT2D eigenvalue weighted by Crippen LogP contribution is 2.21. The zero-order valence-electron chi connectivity index (χ0n) is 11.9. The van der Waals surface area contributed by atoms with E-state index in [-0.39, 0.29) is 11.9 Å². The van der Waals surface area contributed by atoms with E-state index in [2.05, 4.69) is 10.3 Å². The number of likely N-dealkylation sites (N-methyl/N-ethyl adjacent to an activating group) is 1. The third kappa shape index (κ3) is 3.08. The van der Waals surface area contributed by atoms with E-state index in [9.17, 15) is 9.90 Å². The number of pyridine rings is 1. The molecule has 20 heavy (non-hydrogen) atoms. The van der Waals surface area contributed by atoms with Gasteiger partial charge < -0.3 is 20.1 Å². The molecule has 1 amide bonds. The molecule has 2 unspecified atom stereocenters. The summed E-state index contributed by atoms with van der Waals surface area (Å²) in [4.78, 5) is 18.1. The molecule has 0 bridgehead atoms. The van der Waals surface area contributed by atoms with Crippen molar-refractivity contribution in [1.82, 2.24) is 10.3 Å². The van der Waals surface area contributed by atoms with E-state index in [1.54, 1.807) is 19.3 Å². The monoisotopic (exact) mass is 279 g/mol. The van der Waals surface area contributed by atoms with Crippen molar-refractivity contribution in [2.24, 2.45) is 0 Å². The number of hydrogen-bond acceptors (Lipinski definition) is 5. The number of aliphatic hydroxyl groups excluding tert-OH is 1. The Kier molecular flexibility index (Phi) is 4.92. The highest BCUT2D eigenvalue weighted by Gasteiger charge is 2.29. The normalized spacial score (nSPS) is 20.6. The van der Waals surface area contributed by atoms with Crippen molar-refractivity contribution in [3.05, 3.63) is 24.0 Å². The van der Waals surface area contributed by atoms with Crippen LogP contribution in [0.15, 0.2) is 18.3 Å². The van der Waals surface area contributed by atoms with E-state index in [0.717, 1.165) is 5.69 Å². The summed E-state index contributed by atoms with van der Waals surface area (Å²) in [5.41, 5.74) is 1.52. The van der Waals surface area contributed by atoms with E-state index in [0.29, 0.717) is 31.9 Å². The predicted molar refractivity (Wildman–Crippen MR) is 75.5 cm³/mol. The molecule has 1 aromatic rings. The number of aliphatic hydroxyl groups is 1. The molecule has 6 nitrogen and oxygen atoms in total. The maximum Gasteiger partial charge on any atom is 0.244 e. The minimum Gasteiger partial charge on any atom is -0.387 e. The molecule has 110 valence electrons. The van der Waals surface area contributed by atoms with Crippen LogP contribution < -0.4 is 10.2 Å². The molecule has 0 spiro atoms. The van der Waals surface area contributed by atoms with Gasteiger partial charge in [-0.15, -0.1) is 0 Å². The molecule has 1 fully saturated rings. The third-order valence-electron chi connectivity index (χ3n) is 3.51. The molecule has 2 heterocycles. The molecule has 0 radical (unpaired) electrons. The van der Waals surface area contributed by atoms with Crippen LogP contribution in [0.25, 0.3) is 0 Å². The summed E-state index contributed by atoms with van der Waals surface area (Å²) in [7, 11) is 1.62. The lowest BCUT2D eigenvalue weighted by atomic mass is 10.1. The SMILES string of the molecule is CCC(O)c1ccc(N2CCOCC2C(=O)NC)cn1. The Labute approximate surface area is 118 Å². The van der Waals surface area contributed by atoms with E-state index in [1.807, 2.05) is 17.9 Å². The molecule has 1 saturated heterocycles. The van der Waals surface area contributed by atoms with Crippen LogP contribution in [0.2, 0.25) is 0 Å². The van der Waals surface area contributed by atoms with Gasteiger partial charge in [0.05, 0.1) is 36.9 Å². The molecule has 6 heteroatoms. The minimum atomic E-state index is -0.538. The largest absolute Gasteiger partial charge is 0.387 e. The Morgan fingerprint density at radius 3 is 3.05 bits per heavy atom. The van der Waals surface area contributed by atoms with E-state index < -0.39 is 6.10 Å². The van der Waals surface area contributed by atoms with Crippen LogP contribution in [-0.4, -0.2) is 48.8 Å². The zero-order valence-corrected chi connectivity index (χ0v) is 11.9. The number of hydrogen-bond donors (Lipinski definition) is 2. The van der Waals surface area contributed by atoms with Crippen LogP contribution in [-0.2, 0) is 9.53 Å². The Morgan fingerprint density at radius 2 is 2.45 bits per heavy atom. The maximum absolute atomic E-state index is 11.9. The Morgan fingerprint density at radius 1 is 1.65 bits per heavy atom. The molecule has 2 N–H and O–H groups in total. The van der Waals surface area contributed by atoms with Crippen LogP contribution in [0.5, 0.6) is 0 Å². The van der Waals surface area contributed by atoms with Crippen molar-refractivity contribution in [3.63, 3.8) is 0 Å². The smallest absolute Gasteiger partial charge is 0.244 e. The van der Waals surface area contributed by atoms with Crippen molar-refractivity contribution in [3.8, 4) is 0 Å². The summed E-state index contributed by atoms with van der Waals surface area (Å²) in [6.07, 6.45) is 1.80. The average molecular weight is 279 g/mol. The van der Waals surface area contributed by atoms with Crippen LogP contribution in [0, 0.1) is 0 Å². The summed E-state index contributed by atoms with van der Waals surface area (Å²) in [6, 6.07) is 3.36. The number of aromatic nitrogens is 1. The number of nitrogens with one attached hydrogen (secondary N) is 1.